The maximum Gasteiger partial charge on any atom is 0.387 e. The van der Waals surface area contributed by atoms with Crippen molar-refractivity contribution in [3.63, 3.8) is 0 Å². The fourth-order valence-corrected chi connectivity index (χ4v) is 1.79. The van der Waals surface area contributed by atoms with E-state index in [0.717, 1.165) is 24.2 Å². The van der Waals surface area contributed by atoms with Crippen molar-refractivity contribution in [2.75, 3.05) is 0 Å². The summed E-state index contributed by atoms with van der Waals surface area (Å²) in [6.45, 7) is -2.84. The quantitative estimate of drug-likeness (QED) is 0.834. The smallest absolute Gasteiger partial charge is 0.387 e. The lowest BCUT2D eigenvalue weighted by atomic mass is 10.1. The summed E-state index contributed by atoms with van der Waals surface area (Å²) < 4.78 is 33.6. The topological polar surface area (TPSA) is 48.2 Å². The second kappa shape index (κ2) is 4.95. The van der Waals surface area contributed by atoms with Crippen LogP contribution in [0.15, 0.2) is 22.7 Å². The molecule has 1 fully saturated rings. The molecule has 1 radical (unpaired) electrons. The highest BCUT2D eigenvalue weighted by Gasteiger charge is 2.28. The second-order valence-corrected chi connectivity index (χ2v) is 4.45. The Morgan fingerprint density at radius 2 is 2.26 bits per heavy atom. The molecular weight excluding hydrogens is 254 g/mol. The molecule has 0 unspecified atom stereocenters. The number of nitrogens with zero attached hydrogens (tertiary/aromatic N) is 2. The fraction of sp³-hybridized carbons (Fsp3) is 0.385. The molecule has 0 saturated heterocycles. The number of ether oxygens (including phenoxy) is 1. The first-order chi connectivity index (χ1) is 9.20. The first-order valence-electron chi connectivity index (χ1n) is 5.98. The van der Waals surface area contributed by atoms with Crippen LogP contribution in [0.5, 0.6) is 5.75 Å². The van der Waals surface area contributed by atoms with Gasteiger partial charge in [0.15, 0.2) is 5.82 Å². The minimum absolute atomic E-state index is 0.0782. The van der Waals surface area contributed by atoms with Gasteiger partial charge in [-0.25, -0.2) is 0 Å². The van der Waals surface area contributed by atoms with E-state index in [1.54, 1.807) is 6.07 Å². The first kappa shape index (κ1) is 12.1. The normalized spacial score (nSPS) is 14.9. The zero-order valence-corrected chi connectivity index (χ0v) is 9.97. The zero-order chi connectivity index (χ0) is 13.2. The molecule has 1 aromatic heterocycles. The van der Waals surface area contributed by atoms with Crippen LogP contribution in [-0.2, 0) is 6.42 Å². The van der Waals surface area contributed by atoms with Crippen molar-refractivity contribution in [1.82, 2.24) is 10.1 Å². The van der Waals surface area contributed by atoms with Gasteiger partial charge in [-0.3, -0.25) is 0 Å². The van der Waals surface area contributed by atoms with Gasteiger partial charge in [0, 0.05) is 5.92 Å². The number of alkyl halides is 2. The van der Waals surface area contributed by atoms with E-state index in [4.69, 9.17) is 4.52 Å². The highest BCUT2D eigenvalue weighted by Crippen LogP contribution is 2.38. The molecule has 0 N–H and O–H groups in total. The van der Waals surface area contributed by atoms with Crippen LogP contribution >= 0.6 is 0 Å². The predicted octanol–water partition coefficient (Wildman–Crippen LogP) is 2.94. The van der Waals surface area contributed by atoms with E-state index in [9.17, 15) is 8.78 Å². The Labute approximate surface area is 108 Å². The van der Waals surface area contributed by atoms with Crippen molar-refractivity contribution in [3.8, 4) is 5.75 Å². The van der Waals surface area contributed by atoms with Crippen molar-refractivity contribution in [2.24, 2.45) is 0 Å². The van der Waals surface area contributed by atoms with Gasteiger partial charge in [-0.1, -0.05) is 11.2 Å². The molecule has 1 aromatic carbocycles. The maximum absolute atomic E-state index is 12.1. The Morgan fingerprint density at radius 3 is 3.00 bits per heavy atom. The van der Waals surface area contributed by atoms with Crippen molar-refractivity contribution < 1.29 is 18.0 Å². The Morgan fingerprint density at radius 1 is 1.42 bits per heavy atom. The van der Waals surface area contributed by atoms with Gasteiger partial charge in [0.05, 0.1) is 6.42 Å². The summed E-state index contributed by atoms with van der Waals surface area (Å²) in [4.78, 5) is 4.28. The number of benzene rings is 1. The lowest BCUT2D eigenvalue weighted by Gasteiger charge is -2.05. The van der Waals surface area contributed by atoms with Crippen molar-refractivity contribution >= 4 is 0 Å². The molecule has 1 saturated carbocycles. The molecule has 4 nitrogen and oxygen atoms in total. The summed E-state index contributed by atoms with van der Waals surface area (Å²) >= 11 is 0. The molecule has 0 spiro atoms. The van der Waals surface area contributed by atoms with Crippen molar-refractivity contribution in [2.45, 2.75) is 31.8 Å². The highest BCUT2D eigenvalue weighted by molar-refractivity contribution is 5.29. The van der Waals surface area contributed by atoms with Crippen LogP contribution in [0.3, 0.4) is 0 Å². The molecule has 6 heteroatoms. The number of rotatable bonds is 5. The minimum Gasteiger partial charge on any atom is -0.435 e. The van der Waals surface area contributed by atoms with Crippen LogP contribution in [0.4, 0.5) is 8.78 Å². The number of aromatic nitrogens is 2. The first-order valence-corrected chi connectivity index (χ1v) is 5.98. The molecular formula is C13H11F2N2O2. The second-order valence-electron chi connectivity index (χ2n) is 4.45. The summed E-state index contributed by atoms with van der Waals surface area (Å²) in [6.07, 6.45) is 2.59. The van der Waals surface area contributed by atoms with Gasteiger partial charge in [-0.2, -0.15) is 13.8 Å². The highest BCUT2D eigenvalue weighted by atomic mass is 19.3. The average Bonchev–Trinajstić information content (AvgIpc) is 3.10. The van der Waals surface area contributed by atoms with Crippen LogP contribution in [0.2, 0.25) is 0 Å². The SMILES string of the molecule is FC(F)Oc1c[c]cc(Cc2nc(C3CC3)no2)c1. The third kappa shape index (κ3) is 3.07. The Bertz CT molecular complexity index is 567. The van der Waals surface area contributed by atoms with E-state index in [-0.39, 0.29) is 5.75 Å². The molecule has 1 aliphatic carbocycles. The molecule has 3 rings (SSSR count). The molecule has 19 heavy (non-hydrogen) atoms. The third-order valence-corrected chi connectivity index (χ3v) is 2.83. The minimum atomic E-state index is -2.84. The van der Waals surface area contributed by atoms with Crippen LogP contribution in [0, 0.1) is 6.07 Å². The fourth-order valence-electron chi connectivity index (χ4n) is 1.79. The average molecular weight is 265 g/mol. The Balaban J connectivity index is 1.70. The van der Waals surface area contributed by atoms with E-state index in [1.807, 2.05) is 0 Å². The zero-order valence-electron chi connectivity index (χ0n) is 9.97. The summed E-state index contributed by atoms with van der Waals surface area (Å²) in [5, 5.41) is 3.90. The van der Waals surface area contributed by atoms with Crippen LogP contribution in [0.1, 0.15) is 36.0 Å². The van der Waals surface area contributed by atoms with Gasteiger partial charge < -0.3 is 9.26 Å². The molecule has 0 aliphatic heterocycles. The Hall–Kier alpha value is -1.98. The van der Waals surface area contributed by atoms with Gasteiger partial charge in [-0.15, -0.1) is 0 Å². The third-order valence-electron chi connectivity index (χ3n) is 2.83. The number of hydrogen-bond acceptors (Lipinski definition) is 4. The van der Waals surface area contributed by atoms with Crippen LogP contribution in [-0.4, -0.2) is 16.8 Å². The van der Waals surface area contributed by atoms with Crippen molar-refractivity contribution in [3.05, 3.63) is 41.5 Å². The standard InChI is InChI=1S/C13H11F2N2O2/c14-13(15)18-10-3-1-2-8(6-10)7-11-16-12(17-19-11)9-4-5-9/h2-3,6,9,13H,4-5,7H2. The van der Waals surface area contributed by atoms with E-state index < -0.39 is 6.61 Å². The molecule has 2 aromatic rings. The van der Waals surface area contributed by atoms with Gasteiger partial charge in [-0.05, 0) is 36.6 Å². The summed E-state index contributed by atoms with van der Waals surface area (Å²) in [6, 6.07) is 7.31. The summed E-state index contributed by atoms with van der Waals surface area (Å²) in [5.41, 5.74) is 0.740. The predicted molar refractivity (Wildman–Crippen MR) is 61.0 cm³/mol. The van der Waals surface area contributed by atoms with Gasteiger partial charge in [0.1, 0.15) is 5.75 Å². The molecule has 0 atom stereocenters. The lowest BCUT2D eigenvalue weighted by Crippen LogP contribution is -2.02. The molecule has 0 amide bonds. The Kier molecular flexibility index (Phi) is 3.15. The summed E-state index contributed by atoms with van der Waals surface area (Å²) in [7, 11) is 0. The van der Waals surface area contributed by atoms with Crippen LogP contribution < -0.4 is 4.74 Å². The molecule has 0 bridgehead atoms. The van der Waals surface area contributed by atoms with Gasteiger partial charge in [0.2, 0.25) is 5.89 Å². The lowest BCUT2D eigenvalue weighted by molar-refractivity contribution is -0.0498. The van der Waals surface area contributed by atoms with Gasteiger partial charge in [0.25, 0.3) is 0 Å². The maximum atomic E-state index is 12.1. The number of halogens is 2. The van der Waals surface area contributed by atoms with E-state index in [0.29, 0.717) is 18.2 Å². The molecule has 99 valence electrons. The molecule has 1 heterocycles. The monoisotopic (exact) mass is 265 g/mol. The number of hydrogen-bond donors (Lipinski definition) is 0. The summed E-state index contributed by atoms with van der Waals surface area (Å²) in [5.74, 6) is 1.72. The van der Waals surface area contributed by atoms with E-state index in [2.05, 4.69) is 20.9 Å². The van der Waals surface area contributed by atoms with Crippen LogP contribution in [0.25, 0.3) is 0 Å². The van der Waals surface area contributed by atoms with Gasteiger partial charge >= 0.3 is 6.61 Å². The molecule has 1 aliphatic rings. The van der Waals surface area contributed by atoms with E-state index >= 15 is 0 Å². The van der Waals surface area contributed by atoms with Crippen molar-refractivity contribution in [1.29, 1.82) is 0 Å². The van der Waals surface area contributed by atoms with E-state index in [1.165, 1.54) is 12.1 Å². The largest absolute Gasteiger partial charge is 0.435 e.